The predicted octanol–water partition coefficient (Wildman–Crippen LogP) is -0.698. The summed E-state index contributed by atoms with van der Waals surface area (Å²) >= 11 is 0. The number of hydrogen-bond donors (Lipinski definition) is 1. The second-order valence-corrected chi connectivity index (χ2v) is 4.86. The van der Waals surface area contributed by atoms with Crippen LogP contribution in [0.1, 0.15) is 6.92 Å². The van der Waals surface area contributed by atoms with E-state index < -0.39 is 0 Å². The van der Waals surface area contributed by atoms with Crippen LogP contribution in [0, 0.1) is 0 Å². The quantitative estimate of drug-likeness (QED) is 0.669. The van der Waals surface area contributed by atoms with Crippen LogP contribution in [0.3, 0.4) is 0 Å². The van der Waals surface area contributed by atoms with E-state index in [1.54, 1.807) is 0 Å². The molecule has 0 bridgehead atoms. The molecule has 1 amide bonds. The van der Waals surface area contributed by atoms with Gasteiger partial charge in [0.15, 0.2) is 0 Å². The maximum absolute atomic E-state index is 11.7. The Morgan fingerprint density at radius 1 is 1.18 bits per heavy atom. The first kappa shape index (κ1) is 14.4. The summed E-state index contributed by atoms with van der Waals surface area (Å²) in [6.45, 7) is 9.67. The number of nitrogens with one attached hydrogen (secondary N) is 1. The van der Waals surface area contributed by atoms with Gasteiger partial charge in [-0.05, 0) is 20.6 Å². The van der Waals surface area contributed by atoms with Gasteiger partial charge in [-0.25, -0.2) is 0 Å². The lowest BCUT2D eigenvalue weighted by molar-refractivity contribution is -0.122. The minimum atomic E-state index is 0.150. The molecule has 1 saturated heterocycles. The molecule has 1 aliphatic heterocycles. The predicted molar refractivity (Wildman–Crippen MR) is 70.1 cm³/mol. The van der Waals surface area contributed by atoms with Gasteiger partial charge in [0.25, 0.3) is 0 Å². The van der Waals surface area contributed by atoms with Crippen molar-refractivity contribution in [2.45, 2.75) is 6.92 Å². The summed E-state index contributed by atoms with van der Waals surface area (Å²) in [5.41, 5.74) is 0. The van der Waals surface area contributed by atoms with Gasteiger partial charge in [0.2, 0.25) is 5.91 Å². The van der Waals surface area contributed by atoms with E-state index in [9.17, 15) is 4.79 Å². The highest BCUT2D eigenvalue weighted by molar-refractivity contribution is 5.78. The van der Waals surface area contributed by atoms with E-state index in [1.807, 2.05) is 14.1 Å². The van der Waals surface area contributed by atoms with Gasteiger partial charge >= 0.3 is 0 Å². The van der Waals surface area contributed by atoms with Crippen LogP contribution in [0.15, 0.2) is 0 Å². The van der Waals surface area contributed by atoms with Gasteiger partial charge < -0.3 is 15.1 Å². The molecule has 0 aromatic heterocycles. The van der Waals surface area contributed by atoms with Crippen molar-refractivity contribution in [3.63, 3.8) is 0 Å². The normalized spacial score (nSPS) is 18.6. The topological polar surface area (TPSA) is 38.8 Å². The molecular formula is C12H26N4O. The fourth-order valence-electron chi connectivity index (χ4n) is 1.94. The Morgan fingerprint density at radius 3 is 2.29 bits per heavy atom. The highest BCUT2D eigenvalue weighted by atomic mass is 16.2. The standard InChI is InChI=1S/C12H26N4O/c1-4-15-7-9-16(10-8-15)11-12(17)13-5-6-14(2)3/h4-11H2,1-3H3,(H,13,17). The average molecular weight is 242 g/mol. The number of amides is 1. The minimum Gasteiger partial charge on any atom is -0.354 e. The molecule has 0 atom stereocenters. The second kappa shape index (κ2) is 7.63. The molecule has 17 heavy (non-hydrogen) atoms. The third-order valence-corrected chi connectivity index (χ3v) is 3.16. The zero-order chi connectivity index (χ0) is 12.7. The van der Waals surface area contributed by atoms with Crippen molar-refractivity contribution < 1.29 is 4.79 Å². The molecule has 0 aromatic carbocycles. The number of carbonyl (C=O) groups excluding carboxylic acids is 1. The van der Waals surface area contributed by atoms with Gasteiger partial charge in [0.05, 0.1) is 6.54 Å². The third kappa shape index (κ3) is 6.00. The summed E-state index contributed by atoms with van der Waals surface area (Å²) in [7, 11) is 4.02. The fourth-order valence-corrected chi connectivity index (χ4v) is 1.94. The number of hydrogen-bond acceptors (Lipinski definition) is 4. The SMILES string of the molecule is CCN1CCN(CC(=O)NCCN(C)C)CC1. The summed E-state index contributed by atoms with van der Waals surface area (Å²) in [6, 6.07) is 0. The van der Waals surface area contributed by atoms with Crippen LogP contribution >= 0.6 is 0 Å². The van der Waals surface area contributed by atoms with Crippen molar-refractivity contribution in [1.82, 2.24) is 20.0 Å². The fraction of sp³-hybridized carbons (Fsp3) is 0.917. The molecule has 0 aliphatic carbocycles. The Morgan fingerprint density at radius 2 is 1.76 bits per heavy atom. The number of rotatable bonds is 6. The molecule has 0 aromatic rings. The first-order chi connectivity index (χ1) is 8.11. The first-order valence-electron chi connectivity index (χ1n) is 6.48. The maximum Gasteiger partial charge on any atom is 0.234 e. The Labute approximate surface area is 105 Å². The van der Waals surface area contributed by atoms with E-state index in [4.69, 9.17) is 0 Å². The number of carbonyl (C=O) groups is 1. The molecule has 1 fully saturated rings. The zero-order valence-electron chi connectivity index (χ0n) is 11.4. The third-order valence-electron chi connectivity index (χ3n) is 3.16. The molecule has 1 aliphatic rings. The van der Waals surface area contributed by atoms with Crippen molar-refractivity contribution >= 4 is 5.91 Å². The number of likely N-dealkylation sites (N-methyl/N-ethyl adjacent to an activating group) is 2. The van der Waals surface area contributed by atoms with Crippen LogP contribution in [0.4, 0.5) is 0 Å². The van der Waals surface area contributed by atoms with Crippen LogP contribution in [-0.2, 0) is 4.79 Å². The molecule has 0 radical (unpaired) electrons. The molecule has 1 N–H and O–H groups in total. The summed E-state index contributed by atoms with van der Waals surface area (Å²) in [4.78, 5) is 18.4. The zero-order valence-corrected chi connectivity index (χ0v) is 11.4. The summed E-state index contributed by atoms with van der Waals surface area (Å²) < 4.78 is 0. The summed E-state index contributed by atoms with van der Waals surface area (Å²) in [5.74, 6) is 0.150. The van der Waals surface area contributed by atoms with E-state index >= 15 is 0 Å². The van der Waals surface area contributed by atoms with Gasteiger partial charge in [-0.3, -0.25) is 9.69 Å². The molecule has 0 unspecified atom stereocenters. The Kier molecular flexibility index (Phi) is 6.47. The Bertz CT molecular complexity index is 225. The average Bonchev–Trinajstić information content (AvgIpc) is 2.29. The van der Waals surface area contributed by atoms with Gasteiger partial charge in [-0.15, -0.1) is 0 Å². The minimum absolute atomic E-state index is 0.150. The van der Waals surface area contributed by atoms with Crippen molar-refractivity contribution in [2.75, 3.05) is 66.5 Å². The van der Waals surface area contributed by atoms with Gasteiger partial charge in [0, 0.05) is 39.3 Å². The summed E-state index contributed by atoms with van der Waals surface area (Å²) in [6.07, 6.45) is 0. The lowest BCUT2D eigenvalue weighted by Gasteiger charge is -2.33. The van der Waals surface area contributed by atoms with Crippen molar-refractivity contribution in [3.05, 3.63) is 0 Å². The lowest BCUT2D eigenvalue weighted by Crippen LogP contribution is -2.49. The van der Waals surface area contributed by atoms with E-state index in [-0.39, 0.29) is 5.91 Å². The molecule has 0 spiro atoms. The van der Waals surface area contributed by atoms with Crippen molar-refractivity contribution in [1.29, 1.82) is 0 Å². The smallest absolute Gasteiger partial charge is 0.234 e. The van der Waals surface area contributed by atoms with E-state index in [2.05, 4.69) is 26.9 Å². The van der Waals surface area contributed by atoms with Crippen LogP contribution in [0.2, 0.25) is 0 Å². The van der Waals surface area contributed by atoms with Crippen LogP contribution in [0.25, 0.3) is 0 Å². The Balaban J connectivity index is 2.10. The van der Waals surface area contributed by atoms with Gasteiger partial charge in [-0.1, -0.05) is 6.92 Å². The highest BCUT2D eigenvalue weighted by Crippen LogP contribution is 2.00. The maximum atomic E-state index is 11.7. The van der Waals surface area contributed by atoms with Crippen LogP contribution < -0.4 is 5.32 Å². The lowest BCUT2D eigenvalue weighted by atomic mass is 10.3. The second-order valence-electron chi connectivity index (χ2n) is 4.86. The summed E-state index contributed by atoms with van der Waals surface area (Å²) in [5, 5.41) is 2.95. The van der Waals surface area contributed by atoms with Gasteiger partial charge in [0.1, 0.15) is 0 Å². The van der Waals surface area contributed by atoms with Crippen LogP contribution in [0.5, 0.6) is 0 Å². The molecule has 1 rings (SSSR count). The molecule has 0 saturated carbocycles. The highest BCUT2D eigenvalue weighted by Gasteiger charge is 2.17. The number of nitrogens with zero attached hydrogens (tertiary/aromatic N) is 3. The molecule has 1 heterocycles. The van der Waals surface area contributed by atoms with E-state index in [1.165, 1.54) is 0 Å². The van der Waals surface area contributed by atoms with Gasteiger partial charge in [-0.2, -0.15) is 0 Å². The van der Waals surface area contributed by atoms with E-state index in [0.717, 1.165) is 45.8 Å². The molecule has 5 heteroatoms. The monoisotopic (exact) mass is 242 g/mol. The molecular weight excluding hydrogens is 216 g/mol. The largest absolute Gasteiger partial charge is 0.354 e. The van der Waals surface area contributed by atoms with Crippen molar-refractivity contribution in [2.24, 2.45) is 0 Å². The van der Waals surface area contributed by atoms with Crippen LogP contribution in [-0.4, -0.2) is 87.1 Å². The Hall–Kier alpha value is -0.650. The number of piperazine rings is 1. The first-order valence-corrected chi connectivity index (χ1v) is 6.48. The van der Waals surface area contributed by atoms with Crippen molar-refractivity contribution in [3.8, 4) is 0 Å². The molecule has 5 nitrogen and oxygen atoms in total. The van der Waals surface area contributed by atoms with E-state index in [0.29, 0.717) is 6.54 Å². The molecule has 100 valence electrons.